The highest BCUT2D eigenvalue weighted by Crippen LogP contribution is 2.07. The molecule has 0 unspecified atom stereocenters. The van der Waals surface area contributed by atoms with Gasteiger partial charge in [0.2, 0.25) is 5.91 Å². The number of carbonyl (C=O) groups excluding carboxylic acids is 12. The first-order chi connectivity index (χ1) is 44.3. The van der Waals surface area contributed by atoms with Crippen LogP contribution < -0.4 is 64.7 Å². The molecule has 0 bridgehead atoms. The summed E-state index contributed by atoms with van der Waals surface area (Å²) < 4.78 is 0. The monoisotopic (exact) mass is 1400 g/mol. The molecule has 1 fully saturated rings. The molecule has 2 aromatic rings. The molecule has 0 aliphatic carbocycles. The van der Waals surface area contributed by atoms with Crippen molar-refractivity contribution in [1.29, 1.82) is 0 Å². The molecule has 25 heteroatoms. The predicted molar refractivity (Wildman–Crippen MR) is 431 cm³/mol. The van der Waals surface area contributed by atoms with Crippen molar-refractivity contribution >= 4 is 80.6 Å². The molecule has 0 spiro atoms. The molecule has 1 aliphatic rings. The molecule has 96 heavy (non-hydrogen) atoms. The summed E-state index contributed by atoms with van der Waals surface area (Å²) in [6.45, 7) is 70.2. The molecule has 3 rings (SSSR count). The Morgan fingerprint density at radius 2 is 0.500 bits per heavy atom. The average molecular weight is 1400 g/mol. The Kier molecular flexibility index (Phi) is 653. The van der Waals surface area contributed by atoms with Crippen molar-refractivity contribution in [3.8, 4) is 0 Å². The Balaban J connectivity index is -0.0000000184. The van der Waals surface area contributed by atoms with Crippen LogP contribution in [0.2, 0.25) is 0 Å². The van der Waals surface area contributed by atoms with Gasteiger partial charge in [-0.3, -0.25) is 4.79 Å². The zero-order chi connectivity index (χ0) is 81.3. The van der Waals surface area contributed by atoms with E-state index in [4.69, 9.17) is 57.8 Å². The number of nitrogens with two attached hydrogens (primary N) is 7. The Hall–Kier alpha value is -6.46. The van der Waals surface area contributed by atoms with Crippen LogP contribution in [0.5, 0.6) is 0 Å². The molecule has 0 atom stereocenters. The van der Waals surface area contributed by atoms with Crippen molar-refractivity contribution in [2.45, 2.75) is 216 Å². The molecule has 1 aliphatic heterocycles. The lowest BCUT2D eigenvalue weighted by atomic mass is 10.1. The van der Waals surface area contributed by atoms with Gasteiger partial charge in [-0.2, -0.15) is 0 Å². The van der Waals surface area contributed by atoms with E-state index in [9.17, 15) is 4.79 Å². The largest absolute Gasteiger partial charge is 0.394 e. The molecular formula is C71H174N12O13. The van der Waals surface area contributed by atoms with E-state index in [1.54, 1.807) is 20.8 Å². The average Bonchev–Trinajstić information content (AvgIpc) is 3.67. The molecule has 0 aromatic heterocycles. The molecule has 0 radical (unpaired) electrons. The standard InChI is InChI=1S/2C8H10.C7H13NO.4C5H12.C5H10.C3H8O.C2H6.7CH5N.11CH2O.4H3N/c2*1-2-8-6-4-3-5-7-8;1-7(9)8-5-3-2-4-6-8;5*1-4-5(2)3;1-3(2)4;19*1-2;;;;/h2*3-7H,2H2,1H3;2-6H2,1H3;4*5H,4H2,1-3H3;4H,1-3H3;3-4H,1-2H3;1-2H3;7*2H2,1H3;11*1H2;4*1H3. The van der Waals surface area contributed by atoms with E-state index in [-0.39, 0.29) is 36.6 Å². The zero-order valence-corrected chi connectivity index (χ0v) is 68.5. The van der Waals surface area contributed by atoms with Crippen molar-refractivity contribution in [2.75, 3.05) is 62.4 Å². The van der Waals surface area contributed by atoms with Crippen molar-refractivity contribution in [1.82, 2.24) is 29.5 Å². The SMILES string of the molecule is C=O.C=O.C=O.C=O.C=O.C=O.C=O.C=O.C=O.C=O.C=O.CC.CC(=O)N1CCCCC1.CC(C)O.CC=C(C)C.CCC(C)C.CCC(C)C.CCC(C)C.CCC(C)C.CCc1ccccc1.CCc1ccccc1.CN.CN.CN.CN.CN.CN.CN.N.N.N.N. The first kappa shape index (κ1) is 192. The molecule has 1 amide bonds. The number of aliphatic hydroxyl groups excluding tert-OH is 1. The van der Waals surface area contributed by atoms with Crippen molar-refractivity contribution in [3.63, 3.8) is 0 Å². The number of rotatable bonds is 6. The number of hydrogen-bond donors (Lipinski definition) is 12. The zero-order valence-electron chi connectivity index (χ0n) is 68.5. The minimum absolute atomic E-state index is 0. The summed E-state index contributed by atoms with van der Waals surface area (Å²) in [4.78, 5) is 101. The van der Waals surface area contributed by atoms with E-state index >= 15 is 0 Å². The third kappa shape index (κ3) is 519. The van der Waals surface area contributed by atoms with Crippen LogP contribution in [0.15, 0.2) is 72.3 Å². The molecule has 0 saturated carbocycles. The number of amides is 1. The molecule has 1 saturated heterocycles. The number of benzene rings is 2. The minimum Gasteiger partial charge on any atom is -0.394 e. The van der Waals surface area contributed by atoms with E-state index in [1.165, 1.54) is 111 Å². The van der Waals surface area contributed by atoms with Gasteiger partial charge in [-0.05, 0) is 151 Å². The van der Waals surface area contributed by atoms with Gasteiger partial charge in [0.1, 0.15) is 74.7 Å². The number of aliphatic hydroxyl groups is 1. The predicted octanol–water partition coefficient (Wildman–Crippen LogP) is 12.8. The van der Waals surface area contributed by atoms with Crippen LogP contribution >= 0.6 is 0 Å². The minimum atomic E-state index is -0.167. The summed E-state index contributed by atoms with van der Waals surface area (Å²) in [5.41, 5.74) is 35.7. The Morgan fingerprint density at radius 3 is 0.562 bits per heavy atom. The summed E-state index contributed by atoms with van der Waals surface area (Å²) in [5, 5.41) is 8.06. The van der Waals surface area contributed by atoms with Gasteiger partial charge in [0, 0.05) is 26.1 Å². The smallest absolute Gasteiger partial charge is 0.219 e. The summed E-state index contributed by atoms with van der Waals surface area (Å²) >= 11 is 0. The van der Waals surface area contributed by atoms with Gasteiger partial charge in [-0.15, -0.1) is 0 Å². The van der Waals surface area contributed by atoms with Gasteiger partial charge in [-0.1, -0.05) is 209 Å². The highest BCUT2D eigenvalue weighted by molar-refractivity contribution is 5.73. The Morgan fingerprint density at radius 1 is 0.375 bits per heavy atom. The third-order valence-electron chi connectivity index (χ3n) is 8.15. The lowest BCUT2D eigenvalue weighted by molar-refractivity contribution is -0.129. The molecule has 1 heterocycles. The summed E-state index contributed by atoms with van der Waals surface area (Å²) in [5.74, 6) is 3.77. The lowest BCUT2D eigenvalue weighted by Gasteiger charge is -2.24. The van der Waals surface area contributed by atoms with Gasteiger partial charge in [0.05, 0.1) is 0 Å². The number of allylic oxidation sites excluding steroid dienone is 2. The quantitative estimate of drug-likeness (QED) is 0.120. The van der Waals surface area contributed by atoms with E-state index in [1.807, 2.05) is 112 Å². The number of likely N-dealkylation sites (tertiary alicyclic amines) is 1. The molecule has 25 nitrogen and oxygen atoms in total. The van der Waals surface area contributed by atoms with Crippen LogP contribution in [0.3, 0.4) is 0 Å². The summed E-state index contributed by atoms with van der Waals surface area (Å²) in [7, 11) is 10.5. The van der Waals surface area contributed by atoms with Crippen LogP contribution in [-0.4, -0.2) is 159 Å². The Labute approximate surface area is 596 Å². The van der Waals surface area contributed by atoms with Crippen molar-refractivity contribution in [2.24, 2.45) is 63.8 Å². The normalized spacial score (nSPS) is 7.08. The number of hydrogen-bond acceptors (Lipinski definition) is 24. The molecule has 2 aromatic carbocycles. The molecule has 596 valence electrons. The fourth-order valence-electron chi connectivity index (χ4n) is 2.64. The number of aryl methyl sites for hydroxylation is 2. The van der Waals surface area contributed by atoms with Gasteiger partial charge >= 0.3 is 0 Å². The second-order valence-electron chi connectivity index (χ2n) is 15.9. The van der Waals surface area contributed by atoms with Gasteiger partial charge in [0.15, 0.2) is 0 Å². The molecule has 27 N–H and O–H groups in total. The highest BCUT2D eigenvalue weighted by Gasteiger charge is 2.11. The topological polar surface area (TPSA) is 550 Å². The number of nitrogens with zero attached hydrogens (tertiary/aromatic N) is 1. The Bertz CT molecular complexity index is 1100. The second kappa shape index (κ2) is 327. The fourth-order valence-corrected chi connectivity index (χ4v) is 2.64. The van der Waals surface area contributed by atoms with Crippen molar-refractivity contribution in [3.05, 3.63) is 83.4 Å². The van der Waals surface area contributed by atoms with Crippen LogP contribution in [0, 0.1) is 23.7 Å². The van der Waals surface area contributed by atoms with Crippen LogP contribution in [-0.2, 0) is 70.4 Å². The van der Waals surface area contributed by atoms with Gasteiger partial charge in [-0.25, -0.2) is 0 Å². The maximum atomic E-state index is 10.7. The fraction of sp³-hybridized carbons (Fsp3) is 0.634. The van der Waals surface area contributed by atoms with Gasteiger partial charge in [0.25, 0.3) is 0 Å². The summed E-state index contributed by atoms with van der Waals surface area (Å²) in [6.07, 6.45) is 13.1. The lowest BCUT2D eigenvalue weighted by Crippen LogP contribution is -2.33. The number of piperidine rings is 1. The highest BCUT2D eigenvalue weighted by atomic mass is 16.3. The second-order valence-corrected chi connectivity index (χ2v) is 15.9. The summed E-state index contributed by atoms with van der Waals surface area (Å²) in [6, 6.07) is 20.9. The van der Waals surface area contributed by atoms with Crippen LogP contribution in [0.25, 0.3) is 0 Å². The van der Waals surface area contributed by atoms with Gasteiger partial charge < -0.3 is 127 Å². The maximum absolute atomic E-state index is 10.7. The van der Waals surface area contributed by atoms with Crippen molar-refractivity contribution < 1.29 is 62.6 Å². The molecular weight excluding hydrogens is 1230 g/mol. The number of carbonyl (C=O) groups is 12. The van der Waals surface area contributed by atoms with E-state index in [2.05, 4.69) is 206 Å². The van der Waals surface area contributed by atoms with E-state index < -0.39 is 0 Å². The third-order valence-corrected chi connectivity index (χ3v) is 8.15. The van der Waals surface area contributed by atoms with Crippen LogP contribution in [0.4, 0.5) is 0 Å². The maximum Gasteiger partial charge on any atom is 0.219 e. The first-order valence-electron chi connectivity index (χ1n) is 30.1. The van der Waals surface area contributed by atoms with E-state index in [0.29, 0.717) is 0 Å². The first-order valence-corrected chi connectivity index (χ1v) is 30.1. The van der Waals surface area contributed by atoms with E-state index in [0.717, 1.165) is 49.6 Å². The van der Waals surface area contributed by atoms with Crippen LogP contribution in [0.1, 0.15) is 208 Å².